The van der Waals surface area contributed by atoms with Crippen LogP contribution in [0.15, 0.2) is 10.8 Å². The quantitative estimate of drug-likeness (QED) is 0.589. The molecule has 6 heteroatoms. The van der Waals surface area contributed by atoms with Crippen molar-refractivity contribution in [2.75, 3.05) is 0 Å². The highest BCUT2D eigenvalue weighted by Crippen LogP contribution is 1.97. The first-order chi connectivity index (χ1) is 5.20. The fraction of sp³-hybridized carbons (Fsp3) is 0.400. The molecule has 60 valence electrons. The molecule has 1 aromatic heterocycles. The first-order valence-corrected chi connectivity index (χ1v) is 2.87. The summed E-state index contributed by atoms with van der Waals surface area (Å²) in [6.07, 6.45) is -0.341. The number of nitrogens with zero attached hydrogens (tertiary/aromatic N) is 2. The molecule has 2 N–H and O–H groups in total. The van der Waals surface area contributed by atoms with Crippen molar-refractivity contribution in [3.63, 3.8) is 0 Å². The van der Waals surface area contributed by atoms with E-state index < -0.39 is 12.1 Å². The van der Waals surface area contributed by atoms with E-state index in [2.05, 4.69) is 14.9 Å². The first-order valence-electron chi connectivity index (χ1n) is 2.87. The number of aliphatic hydroxyl groups is 1. The highest BCUT2D eigenvalue weighted by molar-refractivity contribution is 5.72. The number of hydrogen-bond acceptors (Lipinski definition) is 5. The van der Waals surface area contributed by atoms with Gasteiger partial charge in [-0.2, -0.15) is 0 Å². The first kappa shape index (κ1) is 7.67. The van der Waals surface area contributed by atoms with Gasteiger partial charge in [0, 0.05) is 11.7 Å². The van der Waals surface area contributed by atoms with Crippen molar-refractivity contribution in [3.8, 4) is 0 Å². The minimum Gasteiger partial charge on any atom is -0.479 e. The maximum atomic E-state index is 10.1. The van der Waals surface area contributed by atoms with Gasteiger partial charge in [-0.05, 0) is 0 Å². The van der Waals surface area contributed by atoms with Gasteiger partial charge in [0.2, 0.25) is 0 Å². The zero-order valence-electron chi connectivity index (χ0n) is 5.47. The number of carboxylic acids is 1. The maximum Gasteiger partial charge on any atom is 0.332 e. The summed E-state index contributed by atoms with van der Waals surface area (Å²) in [7, 11) is 0. The Morgan fingerprint density at radius 3 is 3.00 bits per heavy atom. The molecule has 1 rings (SSSR count). The summed E-state index contributed by atoms with van der Waals surface area (Å²) < 4.78 is 4.33. The van der Waals surface area contributed by atoms with Crippen LogP contribution in [-0.2, 0) is 11.2 Å². The zero-order chi connectivity index (χ0) is 8.27. The van der Waals surface area contributed by atoms with E-state index in [4.69, 9.17) is 10.2 Å². The molecule has 0 saturated heterocycles. The third kappa shape index (κ3) is 2.01. The number of rotatable bonds is 3. The molecule has 1 heterocycles. The standard InChI is InChI=1S/C5H6N2O4/c8-4(5(9)10)1-3-2-11-7-6-3/h2,4,8H,1H2,(H,9,10). The van der Waals surface area contributed by atoms with Gasteiger partial charge in [0.1, 0.15) is 12.0 Å². The number of hydrogen-bond donors (Lipinski definition) is 2. The number of aliphatic carboxylic acids is 1. The monoisotopic (exact) mass is 158 g/mol. The lowest BCUT2D eigenvalue weighted by Gasteiger charge is -1.99. The van der Waals surface area contributed by atoms with E-state index in [0.29, 0.717) is 5.69 Å². The molecule has 0 saturated carbocycles. The van der Waals surface area contributed by atoms with Gasteiger partial charge >= 0.3 is 5.97 Å². The van der Waals surface area contributed by atoms with Gasteiger partial charge in [-0.3, -0.25) is 0 Å². The van der Waals surface area contributed by atoms with E-state index in [1.54, 1.807) is 0 Å². The van der Waals surface area contributed by atoms with Crippen molar-refractivity contribution in [3.05, 3.63) is 12.0 Å². The fourth-order valence-corrected chi connectivity index (χ4v) is 0.558. The fourth-order valence-electron chi connectivity index (χ4n) is 0.558. The average Bonchev–Trinajstić information content (AvgIpc) is 2.39. The van der Waals surface area contributed by atoms with Crippen LogP contribution < -0.4 is 0 Å². The Hall–Kier alpha value is -1.43. The van der Waals surface area contributed by atoms with Crippen molar-refractivity contribution in [1.29, 1.82) is 0 Å². The van der Waals surface area contributed by atoms with Gasteiger partial charge in [0.25, 0.3) is 0 Å². The third-order valence-electron chi connectivity index (χ3n) is 1.09. The highest BCUT2D eigenvalue weighted by Gasteiger charge is 2.15. The topological polar surface area (TPSA) is 96.5 Å². The van der Waals surface area contributed by atoms with Crippen LogP contribution >= 0.6 is 0 Å². The van der Waals surface area contributed by atoms with Crippen molar-refractivity contribution in [1.82, 2.24) is 10.4 Å². The summed E-state index contributed by atoms with van der Waals surface area (Å²) in [6.45, 7) is 0. The molecule has 0 bridgehead atoms. The Labute approximate surface area is 61.4 Å². The Morgan fingerprint density at radius 1 is 1.82 bits per heavy atom. The second-order valence-electron chi connectivity index (χ2n) is 1.95. The van der Waals surface area contributed by atoms with Crippen molar-refractivity contribution in [2.45, 2.75) is 12.5 Å². The van der Waals surface area contributed by atoms with Gasteiger partial charge in [-0.25, -0.2) is 4.79 Å². The Bertz CT molecular complexity index is 233. The Kier molecular flexibility index (Phi) is 2.17. The SMILES string of the molecule is O=C(O)C(O)Cc1conn1. The smallest absolute Gasteiger partial charge is 0.332 e. The molecule has 6 nitrogen and oxygen atoms in total. The zero-order valence-corrected chi connectivity index (χ0v) is 5.47. The molecule has 0 aliphatic heterocycles. The summed E-state index contributed by atoms with van der Waals surface area (Å²) in [5.74, 6) is -1.28. The summed E-state index contributed by atoms with van der Waals surface area (Å²) in [5.41, 5.74) is 0.319. The lowest BCUT2D eigenvalue weighted by atomic mass is 10.2. The molecule has 0 aliphatic rings. The summed E-state index contributed by atoms with van der Waals surface area (Å²) in [5, 5.41) is 23.5. The number of aromatic nitrogens is 2. The molecule has 1 aromatic rings. The predicted molar refractivity (Wildman–Crippen MR) is 31.6 cm³/mol. The molecule has 1 atom stereocenters. The maximum absolute atomic E-state index is 10.1. The van der Waals surface area contributed by atoms with Crippen LogP contribution in [0.3, 0.4) is 0 Å². The van der Waals surface area contributed by atoms with Crippen LogP contribution in [0.2, 0.25) is 0 Å². The van der Waals surface area contributed by atoms with E-state index in [9.17, 15) is 4.79 Å². The van der Waals surface area contributed by atoms with Crippen molar-refractivity contribution in [2.24, 2.45) is 0 Å². The minimum absolute atomic E-state index is 0.0845. The van der Waals surface area contributed by atoms with Gasteiger partial charge in [0.05, 0.1) is 0 Å². The van der Waals surface area contributed by atoms with E-state index in [1.165, 1.54) is 6.26 Å². The van der Waals surface area contributed by atoms with Crippen molar-refractivity contribution >= 4 is 5.97 Å². The summed E-state index contributed by atoms with van der Waals surface area (Å²) in [4.78, 5) is 10.1. The number of carbonyl (C=O) groups is 1. The molecule has 11 heavy (non-hydrogen) atoms. The molecular weight excluding hydrogens is 152 g/mol. The van der Waals surface area contributed by atoms with E-state index in [-0.39, 0.29) is 6.42 Å². The van der Waals surface area contributed by atoms with Crippen LogP contribution in [0.1, 0.15) is 5.69 Å². The number of aliphatic hydroxyl groups excluding tert-OH is 1. The largest absolute Gasteiger partial charge is 0.479 e. The van der Waals surface area contributed by atoms with E-state index in [0.717, 1.165) is 0 Å². The molecule has 0 aromatic carbocycles. The lowest BCUT2D eigenvalue weighted by Crippen LogP contribution is -2.22. The summed E-state index contributed by atoms with van der Waals surface area (Å²) >= 11 is 0. The number of carboxylic acid groups (broad SMARTS) is 1. The predicted octanol–water partition coefficient (Wildman–Crippen LogP) is -0.942. The highest BCUT2D eigenvalue weighted by atomic mass is 16.5. The van der Waals surface area contributed by atoms with Crippen LogP contribution in [0.5, 0.6) is 0 Å². The molecule has 0 amide bonds. The molecule has 0 aliphatic carbocycles. The molecular formula is C5H6N2O4. The van der Waals surface area contributed by atoms with E-state index >= 15 is 0 Å². The van der Waals surface area contributed by atoms with Gasteiger partial charge in [-0.15, -0.1) is 5.10 Å². The summed E-state index contributed by atoms with van der Waals surface area (Å²) in [6, 6.07) is 0. The second kappa shape index (κ2) is 3.11. The molecule has 0 radical (unpaired) electrons. The van der Waals surface area contributed by atoms with Gasteiger partial charge in [-0.1, -0.05) is 0 Å². The average molecular weight is 158 g/mol. The second-order valence-corrected chi connectivity index (χ2v) is 1.95. The van der Waals surface area contributed by atoms with E-state index in [1.807, 2.05) is 0 Å². The lowest BCUT2D eigenvalue weighted by molar-refractivity contribution is -0.146. The van der Waals surface area contributed by atoms with Crippen LogP contribution in [-0.4, -0.2) is 32.7 Å². The molecule has 0 fully saturated rings. The molecule has 1 unspecified atom stereocenters. The Morgan fingerprint density at radius 2 is 2.55 bits per heavy atom. The molecule has 0 spiro atoms. The van der Waals surface area contributed by atoms with Crippen molar-refractivity contribution < 1.29 is 19.5 Å². The van der Waals surface area contributed by atoms with Gasteiger partial charge in [0.15, 0.2) is 6.10 Å². The third-order valence-corrected chi connectivity index (χ3v) is 1.09. The van der Waals surface area contributed by atoms with Gasteiger partial charge < -0.3 is 14.7 Å². The van der Waals surface area contributed by atoms with Crippen LogP contribution in [0.25, 0.3) is 0 Å². The van der Waals surface area contributed by atoms with Crippen LogP contribution in [0.4, 0.5) is 0 Å². The normalized spacial score (nSPS) is 12.8. The Balaban J connectivity index is 2.50. The minimum atomic E-state index is -1.44. The van der Waals surface area contributed by atoms with Crippen LogP contribution in [0, 0.1) is 0 Å².